The Morgan fingerprint density at radius 3 is 2.51 bits per heavy atom. The predicted molar refractivity (Wildman–Crippen MR) is 151 cm³/mol. The van der Waals surface area contributed by atoms with E-state index in [2.05, 4.69) is 11.7 Å². The lowest BCUT2D eigenvalue weighted by molar-refractivity contribution is -0.137. The molecule has 3 rings (SSSR count). The van der Waals surface area contributed by atoms with Gasteiger partial charge in [0.1, 0.15) is 0 Å². The zero-order valence-electron chi connectivity index (χ0n) is 22.6. The fourth-order valence-corrected chi connectivity index (χ4v) is 6.30. The monoisotopic (exact) mass is 657 g/mol. The number of carbonyl (C=O) groups excluding carboxylic acids is 3. The van der Waals surface area contributed by atoms with Crippen LogP contribution in [0.5, 0.6) is 11.5 Å². The molecule has 1 fully saturated rings. The Balaban J connectivity index is 1.90. The van der Waals surface area contributed by atoms with Crippen molar-refractivity contribution in [1.29, 1.82) is 0 Å². The van der Waals surface area contributed by atoms with E-state index < -0.39 is 48.4 Å². The number of nitrogens with zero attached hydrogens (tertiary/aromatic N) is 1. The van der Waals surface area contributed by atoms with Gasteiger partial charge in [-0.1, -0.05) is 25.0 Å². The van der Waals surface area contributed by atoms with Crippen LogP contribution in [0.3, 0.4) is 0 Å². The average molecular weight is 657 g/mol. The Bertz CT molecular complexity index is 1160. The van der Waals surface area contributed by atoms with Crippen LogP contribution in [-0.4, -0.2) is 78.8 Å². The van der Waals surface area contributed by atoms with Crippen molar-refractivity contribution in [2.24, 2.45) is 17.8 Å². The molecule has 2 aliphatic rings. The summed E-state index contributed by atoms with van der Waals surface area (Å²) in [5.41, 5.74) is 3.08. The number of ether oxygens (including phenoxy) is 3. The minimum Gasteiger partial charge on any atom is -0.504 e. The second kappa shape index (κ2) is 13.7. The van der Waals surface area contributed by atoms with E-state index in [4.69, 9.17) is 9.47 Å². The summed E-state index contributed by atoms with van der Waals surface area (Å²) in [5.74, 6) is -3.57. The van der Waals surface area contributed by atoms with Gasteiger partial charge in [-0.05, 0) is 77.1 Å². The van der Waals surface area contributed by atoms with Crippen LogP contribution in [0, 0.1) is 21.3 Å². The zero-order chi connectivity index (χ0) is 28.9. The molecule has 39 heavy (non-hydrogen) atoms. The maximum absolute atomic E-state index is 13.1. The van der Waals surface area contributed by atoms with Crippen molar-refractivity contribution >= 4 is 46.6 Å². The Labute approximate surface area is 241 Å². The summed E-state index contributed by atoms with van der Waals surface area (Å²) >= 11 is 2.04. The highest BCUT2D eigenvalue weighted by Crippen LogP contribution is 2.46. The third-order valence-corrected chi connectivity index (χ3v) is 8.19. The number of methoxy groups -OCH3 is 3. The number of phenols is 1. The Hall–Kier alpha value is -2.48. The van der Waals surface area contributed by atoms with E-state index >= 15 is 0 Å². The van der Waals surface area contributed by atoms with Crippen molar-refractivity contribution in [3.05, 3.63) is 38.0 Å². The Morgan fingerprint density at radius 1 is 1.21 bits per heavy atom. The molecule has 3 N–H and O–H groups in total. The second-order valence-electron chi connectivity index (χ2n) is 9.76. The molecule has 0 unspecified atom stereocenters. The van der Waals surface area contributed by atoms with Gasteiger partial charge in [0.15, 0.2) is 11.5 Å². The molecule has 4 atom stereocenters. The number of hydrogen-bond acceptors (Lipinski definition) is 9. The lowest BCUT2D eigenvalue weighted by Crippen LogP contribution is -2.40. The fourth-order valence-electron chi connectivity index (χ4n) is 5.67. The normalized spacial score (nSPS) is 22.3. The van der Waals surface area contributed by atoms with E-state index in [9.17, 15) is 29.7 Å². The maximum Gasteiger partial charge on any atom is 0.423 e. The number of fused-ring (bicyclic) bond motifs is 1. The van der Waals surface area contributed by atoms with Crippen LogP contribution < -0.4 is 4.74 Å². The maximum atomic E-state index is 13.1. The number of hydrogen-bond donors (Lipinski definition) is 3. The second-order valence-corrected chi connectivity index (χ2v) is 10.9. The Kier molecular flexibility index (Phi) is 10.9. The summed E-state index contributed by atoms with van der Waals surface area (Å²) in [5, 5.41) is 31.9. The van der Waals surface area contributed by atoms with Gasteiger partial charge in [0.2, 0.25) is 11.8 Å². The first-order chi connectivity index (χ1) is 18.6. The lowest BCUT2D eigenvalue weighted by Gasteiger charge is -2.36. The van der Waals surface area contributed by atoms with Crippen molar-refractivity contribution in [3.63, 3.8) is 0 Å². The van der Waals surface area contributed by atoms with Crippen molar-refractivity contribution in [3.8, 4) is 11.5 Å². The molecule has 1 aromatic carbocycles. The largest absolute Gasteiger partial charge is 0.504 e. The molecule has 0 saturated carbocycles. The Morgan fingerprint density at radius 2 is 1.92 bits per heavy atom. The van der Waals surface area contributed by atoms with Gasteiger partial charge >= 0.3 is 6.09 Å². The van der Waals surface area contributed by atoms with Crippen molar-refractivity contribution in [2.45, 2.75) is 45.1 Å². The molecule has 11 heteroatoms. The number of imide groups is 3. The molecule has 1 saturated heterocycles. The smallest absolute Gasteiger partial charge is 0.423 e. The number of likely N-dealkylation sites (tertiary alicyclic amines) is 1. The molecular formula is C28H36INO9. The first-order valence-corrected chi connectivity index (χ1v) is 13.9. The van der Waals surface area contributed by atoms with Gasteiger partial charge in [-0.25, -0.2) is 4.79 Å². The van der Waals surface area contributed by atoms with Crippen LogP contribution in [0.1, 0.15) is 44.6 Å². The van der Waals surface area contributed by atoms with Crippen LogP contribution in [0.25, 0.3) is 6.08 Å². The number of aromatic hydroxyl groups is 1. The number of rotatable bonds is 11. The first-order valence-electron chi connectivity index (χ1n) is 12.8. The molecule has 1 aliphatic carbocycles. The summed E-state index contributed by atoms with van der Waals surface area (Å²) in [6, 6.07) is 3.60. The van der Waals surface area contributed by atoms with E-state index in [1.165, 1.54) is 14.2 Å². The standard InChI is InChI=1S/C28H36INO9/c1-5-6-15(9-16-10-20(29)25(33)22(11-16)38-3)7-8-21(32)23-17(14-37-2)12-18-24(19(23)13-31)27(35)30(26(18)34)28(36)39-4/h9-11,18-19,21,24,31-33H,5-8,12-14H2,1-4H3/b15-9+/t18-,19+,21-,24-/m1/s1. The highest BCUT2D eigenvalue weighted by molar-refractivity contribution is 14.1. The summed E-state index contributed by atoms with van der Waals surface area (Å²) in [4.78, 5) is 38.7. The molecular weight excluding hydrogens is 621 g/mol. The van der Waals surface area contributed by atoms with E-state index in [0.717, 1.165) is 31.1 Å². The molecule has 1 aromatic rings. The summed E-state index contributed by atoms with van der Waals surface area (Å²) in [7, 11) is 4.08. The van der Waals surface area contributed by atoms with Gasteiger partial charge < -0.3 is 29.5 Å². The summed E-state index contributed by atoms with van der Waals surface area (Å²) in [6.07, 6.45) is 2.62. The average Bonchev–Trinajstić information content (AvgIpc) is 3.17. The van der Waals surface area contributed by atoms with E-state index in [-0.39, 0.29) is 18.8 Å². The molecule has 0 bridgehead atoms. The van der Waals surface area contributed by atoms with Crippen LogP contribution in [0.15, 0.2) is 28.9 Å². The topological polar surface area (TPSA) is 143 Å². The van der Waals surface area contributed by atoms with Crippen molar-refractivity contribution < 1.29 is 43.9 Å². The van der Waals surface area contributed by atoms with Gasteiger partial charge in [-0.15, -0.1) is 0 Å². The number of carbonyl (C=O) groups is 3. The molecule has 10 nitrogen and oxygen atoms in total. The van der Waals surface area contributed by atoms with Crippen molar-refractivity contribution in [2.75, 3.05) is 34.5 Å². The van der Waals surface area contributed by atoms with Crippen LogP contribution >= 0.6 is 22.6 Å². The summed E-state index contributed by atoms with van der Waals surface area (Å²) in [6.45, 7) is 1.71. The van der Waals surface area contributed by atoms with Gasteiger partial charge in [-0.2, -0.15) is 4.90 Å². The van der Waals surface area contributed by atoms with E-state index in [1.54, 1.807) is 6.07 Å². The predicted octanol–water partition coefficient (Wildman–Crippen LogP) is 3.65. The third kappa shape index (κ3) is 6.47. The number of amides is 3. The van der Waals surface area contributed by atoms with E-state index in [1.807, 2.05) is 34.7 Å². The molecule has 3 amide bonds. The molecule has 0 spiro atoms. The van der Waals surface area contributed by atoms with Gasteiger partial charge in [-0.3, -0.25) is 9.59 Å². The minimum absolute atomic E-state index is 0.0803. The quantitative estimate of drug-likeness (QED) is 0.185. The van der Waals surface area contributed by atoms with Crippen molar-refractivity contribution in [1.82, 2.24) is 4.90 Å². The minimum atomic E-state index is -1.05. The number of halogens is 1. The molecule has 214 valence electrons. The van der Waals surface area contributed by atoms with E-state index in [0.29, 0.717) is 38.2 Å². The lowest BCUT2D eigenvalue weighted by atomic mass is 9.68. The fraction of sp³-hybridized carbons (Fsp3) is 0.536. The number of allylic oxidation sites excluding steroid dienone is 1. The molecule has 0 aromatic heterocycles. The number of benzene rings is 1. The highest BCUT2D eigenvalue weighted by Gasteiger charge is 2.57. The third-order valence-electron chi connectivity index (χ3n) is 7.37. The number of aliphatic hydroxyl groups excluding tert-OH is 2. The molecule has 1 aliphatic heterocycles. The first kappa shape index (κ1) is 31.1. The van der Waals surface area contributed by atoms with Crippen LogP contribution in [-0.2, 0) is 19.1 Å². The van der Waals surface area contributed by atoms with Gasteiger partial charge in [0, 0.05) is 13.0 Å². The van der Waals surface area contributed by atoms with Crippen LogP contribution in [0.2, 0.25) is 0 Å². The van der Waals surface area contributed by atoms with Gasteiger partial charge in [0.05, 0.1) is 48.9 Å². The zero-order valence-corrected chi connectivity index (χ0v) is 24.8. The summed E-state index contributed by atoms with van der Waals surface area (Å²) < 4.78 is 15.9. The number of aliphatic hydroxyl groups is 2. The van der Waals surface area contributed by atoms with Gasteiger partial charge in [0.25, 0.3) is 0 Å². The molecule has 1 heterocycles. The molecule has 0 radical (unpaired) electrons. The SMILES string of the molecule is CCC/C(=C\c1cc(I)c(O)c(OC)c1)CC[C@@H](O)C1=C(COC)C[C@H]2C(=O)N(C(=O)OC)C(=O)[C@H]2[C@H]1CO. The highest BCUT2D eigenvalue weighted by atomic mass is 127. The number of phenolic OH excluding ortho intramolecular Hbond substituents is 1. The van der Waals surface area contributed by atoms with Crippen LogP contribution in [0.4, 0.5) is 4.79 Å².